The summed E-state index contributed by atoms with van der Waals surface area (Å²) in [6.07, 6.45) is 0.452. The number of amides is 1. The third kappa shape index (κ3) is 6.05. The van der Waals surface area contributed by atoms with Gasteiger partial charge < -0.3 is 9.08 Å². The number of hydrogen-bond acceptors (Lipinski definition) is 4. The van der Waals surface area contributed by atoms with Gasteiger partial charge in [0.25, 0.3) is 0 Å². The second-order valence-corrected chi connectivity index (χ2v) is 8.90. The van der Waals surface area contributed by atoms with Gasteiger partial charge in [-0.05, 0) is 61.7 Å². The number of rotatable bonds is 8. The molecule has 2 aromatic rings. The van der Waals surface area contributed by atoms with Crippen molar-refractivity contribution in [1.82, 2.24) is 4.90 Å². The first-order valence-corrected chi connectivity index (χ1v) is 10.6. The van der Waals surface area contributed by atoms with E-state index in [0.29, 0.717) is 13.0 Å². The molecule has 0 atom stereocenters. The molecule has 2 rings (SSSR count). The van der Waals surface area contributed by atoms with E-state index in [4.69, 9.17) is 4.18 Å². The Morgan fingerprint density at radius 2 is 1.71 bits per heavy atom. The van der Waals surface area contributed by atoms with E-state index in [1.54, 1.807) is 17.0 Å². The Bertz CT molecular complexity index is 908. The first-order valence-electron chi connectivity index (χ1n) is 9.17. The molecule has 0 unspecified atom stereocenters. The molecule has 2 aromatic carbocycles. The fraction of sp³-hybridized carbons (Fsp3) is 0.381. The minimum atomic E-state index is -4.07. The van der Waals surface area contributed by atoms with Crippen LogP contribution in [0, 0.1) is 11.7 Å². The van der Waals surface area contributed by atoms with Gasteiger partial charge in [0, 0.05) is 19.0 Å². The highest BCUT2D eigenvalue weighted by atomic mass is 32.2. The van der Waals surface area contributed by atoms with E-state index in [1.165, 1.54) is 6.07 Å². The lowest BCUT2D eigenvalue weighted by Gasteiger charge is -2.28. The lowest BCUT2D eigenvalue weighted by Crippen LogP contribution is -2.36. The van der Waals surface area contributed by atoms with Gasteiger partial charge in [-0.3, -0.25) is 4.79 Å². The molecule has 0 N–H and O–H groups in total. The predicted molar refractivity (Wildman–Crippen MR) is 106 cm³/mol. The Morgan fingerprint density at radius 1 is 1.07 bits per heavy atom. The highest BCUT2D eigenvalue weighted by Crippen LogP contribution is 2.22. The Labute approximate surface area is 166 Å². The van der Waals surface area contributed by atoms with Crippen LogP contribution in [-0.2, 0) is 21.5 Å². The summed E-state index contributed by atoms with van der Waals surface area (Å²) in [6.45, 7) is 8.22. The molecular weight excluding hydrogens is 381 g/mol. The van der Waals surface area contributed by atoms with E-state index in [0.717, 1.165) is 29.8 Å². The molecule has 0 aliphatic rings. The molecule has 0 aliphatic carbocycles. The second kappa shape index (κ2) is 9.19. The summed E-state index contributed by atoms with van der Waals surface area (Å²) >= 11 is 0. The summed E-state index contributed by atoms with van der Waals surface area (Å²) in [6, 6.07) is 11.1. The smallest absolute Gasteiger partial charge is 0.339 e. The van der Waals surface area contributed by atoms with Crippen LogP contribution in [0.1, 0.15) is 39.7 Å². The van der Waals surface area contributed by atoms with Crippen molar-refractivity contribution in [2.75, 3.05) is 0 Å². The summed E-state index contributed by atoms with van der Waals surface area (Å²) in [7, 11) is -4.07. The minimum Gasteiger partial charge on any atom is -0.379 e. The van der Waals surface area contributed by atoms with E-state index in [1.807, 2.05) is 33.8 Å². The van der Waals surface area contributed by atoms with E-state index in [9.17, 15) is 17.6 Å². The van der Waals surface area contributed by atoms with Crippen molar-refractivity contribution in [2.45, 2.75) is 51.6 Å². The molecule has 1 amide bonds. The van der Waals surface area contributed by atoms with Gasteiger partial charge >= 0.3 is 10.1 Å². The minimum absolute atomic E-state index is 0.0128. The SMILES string of the molecule is CC(C)CC(=O)N(Cc1cccc(OS(=O)(=O)c2ccc(F)cc2)c1)C(C)C. The van der Waals surface area contributed by atoms with Gasteiger partial charge in [0.1, 0.15) is 16.5 Å². The fourth-order valence-electron chi connectivity index (χ4n) is 2.69. The molecule has 0 saturated carbocycles. The van der Waals surface area contributed by atoms with Crippen molar-refractivity contribution >= 4 is 16.0 Å². The van der Waals surface area contributed by atoms with E-state index >= 15 is 0 Å². The van der Waals surface area contributed by atoms with Crippen molar-refractivity contribution in [3.05, 3.63) is 59.9 Å². The Balaban J connectivity index is 2.18. The number of carbonyl (C=O) groups excluding carboxylic acids is 1. The first kappa shape index (κ1) is 21.9. The average Bonchev–Trinajstić information content (AvgIpc) is 2.59. The molecule has 0 saturated heterocycles. The van der Waals surface area contributed by atoms with Crippen LogP contribution in [0.3, 0.4) is 0 Å². The normalized spacial score (nSPS) is 11.7. The molecule has 0 bridgehead atoms. The van der Waals surface area contributed by atoms with Crippen LogP contribution in [0.15, 0.2) is 53.4 Å². The Kier molecular flexibility index (Phi) is 7.18. The number of benzene rings is 2. The quantitative estimate of drug-likeness (QED) is 0.610. The highest BCUT2D eigenvalue weighted by Gasteiger charge is 2.20. The molecule has 0 fully saturated rings. The van der Waals surface area contributed by atoms with Crippen molar-refractivity contribution in [3.63, 3.8) is 0 Å². The van der Waals surface area contributed by atoms with Crippen LogP contribution in [0.4, 0.5) is 4.39 Å². The van der Waals surface area contributed by atoms with Crippen LogP contribution in [0.2, 0.25) is 0 Å². The summed E-state index contributed by atoms with van der Waals surface area (Å²) < 4.78 is 42.9. The third-order valence-corrected chi connectivity index (χ3v) is 5.35. The largest absolute Gasteiger partial charge is 0.379 e. The molecule has 28 heavy (non-hydrogen) atoms. The van der Waals surface area contributed by atoms with Crippen molar-refractivity contribution in [3.8, 4) is 5.75 Å². The lowest BCUT2D eigenvalue weighted by molar-refractivity contribution is -0.134. The second-order valence-electron chi connectivity index (χ2n) is 7.35. The van der Waals surface area contributed by atoms with Gasteiger partial charge in [0.15, 0.2) is 0 Å². The topological polar surface area (TPSA) is 63.7 Å². The molecule has 152 valence electrons. The number of carbonyl (C=O) groups is 1. The number of halogens is 1. The molecule has 0 aliphatic heterocycles. The zero-order valence-electron chi connectivity index (χ0n) is 16.6. The summed E-state index contributed by atoms with van der Waals surface area (Å²) in [5.74, 6) is -0.0813. The van der Waals surface area contributed by atoms with Gasteiger partial charge in [-0.25, -0.2) is 4.39 Å². The van der Waals surface area contributed by atoms with E-state index in [-0.39, 0.29) is 28.5 Å². The molecule has 5 nitrogen and oxygen atoms in total. The maximum absolute atomic E-state index is 13.0. The summed E-state index contributed by atoms with van der Waals surface area (Å²) in [5.41, 5.74) is 0.762. The number of hydrogen-bond donors (Lipinski definition) is 0. The number of nitrogens with zero attached hydrogens (tertiary/aromatic N) is 1. The first-order chi connectivity index (χ1) is 13.1. The van der Waals surface area contributed by atoms with Gasteiger partial charge in [-0.15, -0.1) is 0 Å². The zero-order valence-corrected chi connectivity index (χ0v) is 17.4. The fourth-order valence-corrected chi connectivity index (χ4v) is 3.62. The van der Waals surface area contributed by atoms with Crippen molar-refractivity contribution in [1.29, 1.82) is 0 Å². The van der Waals surface area contributed by atoms with Crippen molar-refractivity contribution < 1.29 is 21.8 Å². The maximum atomic E-state index is 13.0. The third-order valence-electron chi connectivity index (χ3n) is 4.09. The molecule has 7 heteroatoms. The Morgan fingerprint density at radius 3 is 2.29 bits per heavy atom. The highest BCUT2D eigenvalue weighted by molar-refractivity contribution is 7.87. The van der Waals surface area contributed by atoms with E-state index < -0.39 is 15.9 Å². The predicted octanol–water partition coefficient (Wildman–Crippen LogP) is 4.38. The van der Waals surface area contributed by atoms with Crippen molar-refractivity contribution in [2.24, 2.45) is 5.92 Å². The molecule has 0 aromatic heterocycles. The average molecular weight is 408 g/mol. The monoisotopic (exact) mass is 407 g/mol. The summed E-state index contributed by atoms with van der Waals surface area (Å²) in [5, 5.41) is 0. The van der Waals surface area contributed by atoms with Gasteiger partial charge in [-0.2, -0.15) is 8.42 Å². The molecule has 0 heterocycles. The van der Waals surface area contributed by atoms with Crippen LogP contribution < -0.4 is 4.18 Å². The van der Waals surface area contributed by atoms with Gasteiger partial charge in [-0.1, -0.05) is 26.0 Å². The lowest BCUT2D eigenvalue weighted by atomic mass is 10.1. The van der Waals surface area contributed by atoms with Gasteiger partial charge in [0.2, 0.25) is 5.91 Å². The Hall–Kier alpha value is -2.41. The van der Waals surface area contributed by atoms with Gasteiger partial charge in [0.05, 0.1) is 0 Å². The van der Waals surface area contributed by atoms with Crippen LogP contribution >= 0.6 is 0 Å². The molecular formula is C21H26FNO4S. The molecule has 0 spiro atoms. The van der Waals surface area contributed by atoms with Crippen LogP contribution in [0.25, 0.3) is 0 Å². The molecule has 0 radical (unpaired) electrons. The van der Waals surface area contributed by atoms with E-state index in [2.05, 4.69) is 0 Å². The van der Waals surface area contributed by atoms with Crippen LogP contribution in [0.5, 0.6) is 5.75 Å². The van der Waals surface area contributed by atoms with Crippen LogP contribution in [-0.4, -0.2) is 25.3 Å². The standard InChI is InChI=1S/C21H26FNO4S/c1-15(2)12-21(24)23(16(3)4)14-17-6-5-7-19(13-17)27-28(25,26)20-10-8-18(22)9-11-20/h5-11,13,15-16H,12,14H2,1-4H3. The maximum Gasteiger partial charge on any atom is 0.339 e. The zero-order chi connectivity index (χ0) is 20.9. The summed E-state index contributed by atoms with van der Waals surface area (Å²) in [4.78, 5) is 14.1.